The molecule has 1 N–H and O–H groups in total. The number of nitrogens with zero attached hydrogens (tertiary/aromatic N) is 1. The van der Waals surface area contributed by atoms with Crippen LogP contribution in [0.5, 0.6) is 0 Å². The standard InChI is InChI=1S/C17H32N2/c1-14-6-5-11-19(15(14)2)13-17(9-3-4-10-17)12-18-16-7-8-16/h14-16,18H,3-13H2,1-2H3. The highest BCUT2D eigenvalue weighted by Gasteiger charge is 2.39. The molecule has 2 nitrogen and oxygen atoms in total. The van der Waals surface area contributed by atoms with E-state index in [-0.39, 0.29) is 0 Å². The maximum absolute atomic E-state index is 3.83. The highest BCUT2D eigenvalue weighted by Crippen LogP contribution is 2.40. The molecule has 2 atom stereocenters. The Bertz CT molecular complexity index is 292. The van der Waals surface area contributed by atoms with Crippen LogP contribution in [0.3, 0.4) is 0 Å². The van der Waals surface area contributed by atoms with Crippen LogP contribution < -0.4 is 5.32 Å². The van der Waals surface area contributed by atoms with Crippen molar-refractivity contribution in [1.29, 1.82) is 0 Å². The van der Waals surface area contributed by atoms with Crippen LogP contribution in [0.1, 0.15) is 65.2 Å². The van der Waals surface area contributed by atoms with Crippen LogP contribution in [0.2, 0.25) is 0 Å². The summed E-state index contributed by atoms with van der Waals surface area (Å²) in [7, 11) is 0. The normalized spacial score (nSPS) is 35.7. The minimum atomic E-state index is 0.605. The molecule has 110 valence electrons. The van der Waals surface area contributed by atoms with E-state index >= 15 is 0 Å². The number of rotatable bonds is 5. The summed E-state index contributed by atoms with van der Waals surface area (Å²) in [6.45, 7) is 8.89. The zero-order valence-electron chi connectivity index (χ0n) is 13.0. The molecule has 3 fully saturated rings. The van der Waals surface area contributed by atoms with Crippen LogP contribution in [0, 0.1) is 11.3 Å². The molecule has 2 unspecified atom stereocenters. The van der Waals surface area contributed by atoms with E-state index < -0.39 is 0 Å². The first-order valence-corrected chi connectivity index (χ1v) is 8.66. The lowest BCUT2D eigenvalue weighted by molar-refractivity contribution is 0.0604. The van der Waals surface area contributed by atoms with Gasteiger partial charge in [-0.3, -0.25) is 4.90 Å². The average molecular weight is 264 g/mol. The molecule has 2 saturated carbocycles. The van der Waals surface area contributed by atoms with Gasteiger partial charge in [0.2, 0.25) is 0 Å². The molecule has 2 heteroatoms. The zero-order valence-corrected chi connectivity index (χ0v) is 13.0. The first-order chi connectivity index (χ1) is 9.19. The topological polar surface area (TPSA) is 15.3 Å². The van der Waals surface area contributed by atoms with E-state index in [1.807, 2.05) is 0 Å². The van der Waals surface area contributed by atoms with E-state index in [9.17, 15) is 0 Å². The van der Waals surface area contributed by atoms with Crippen molar-refractivity contribution in [2.45, 2.75) is 77.3 Å². The molecule has 1 saturated heterocycles. The van der Waals surface area contributed by atoms with Gasteiger partial charge in [0.15, 0.2) is 0 Å². The SMILES string of the molecule is CC1CCCN(CC2(CNC3CC3)CCCC2)C1C. The molecular weight excluding hydrogens is 232 g/mol. The van der Waals surface area contributed by atoms with Gasteiger partial charge in [-0.2, -0.15) is 0 Å². The molecule has 0 aromatic rings. The molecule has 0 amide bonds. The van der Waals surface area contributed by atoms with Crippen LogP contribution in [0.25, 0.3) is 0 Å². The molecule has 1 aliphatic heterocycles. The van der Waals surface area contributed by atoms with Crippen LogP contribution >= 0.6 is 0 Å². The zero-order chi connectivity index (χ0) is 13.3. The number of hydrogen-bond acceptors (Lipinski definition) is 2. The minimum Gasteiger partial charge on any atom is -0.313 e. The molecule has 0 bridgehead atoms. The van der Waals surface area contributed by atoms with E-state index in [0.717, 1.165) is 18.0 Å². The fraction of sp³-hybridized carbons (Fsp3) is 1.00. The van der Waals surface area contributed by atoms with Crippen molar-refractivity contribution in [1.82, 2.24) is 10.2 Å². The van der Waals surface area contributed by atoms with E-state index in [1.54, 1.807) is 0 Å². The summed E-state index contributed by atoms with van der Waals surface area (Å²) in [6, 6.07) is 1.67. The molecule has 3 aliphatic rings. The van der Waals surface area contributed by atoms with Gasteiger partial charge in [-0.15, -0.1) is 0 Å². The van der Waals surface area contributed by atoms with E-state index in [4.69, 9.17) is 0 Å². The van der Waals surface area contributed by atoms with Crippen LogP contribution in [-0.4, -0.2) is 36.6 Å². The first-order valence-electron chi connectivity index (χ1n) is 8.66. The Morgan fingerprint density at radius 1 is 1.05 bits per heavy atom. The number of likely N-dealkylation sites (tertiary alicyclic amines) is 1. The molecule has 19 heavy (non-hydrogen) atoms. The molecule has 2 aliphatic carbocycles. The van der Waals surface area contributed by atoms with Crippen molar-refractivity contribution in [2.24, 2.45) is 11.3 Å². The fourth-order valence-corrected chi connectivity index (χ4v) is 4.24. The highest BCUT2D eigenvalue weighted by atomic mass is 15.2. The summed E-state index contributed by atoms with van der Waals surface area (Å²) in [6.07, 6.45) is 11.5. The van der Waals surface area contributed by atoms with Crippen molar-refractivity contribution in [3.8, 4) is 0 Å². The summed E-state index contributed by atoms with van der Waals surface area (Å²) in [4.78, 5) is 2.81. The Balaban J connectivity index is 1.59. The third-order valence-electron chi connectivity index (χ3n) is 6.05. The highest BCUT2D eigenvalue weighted by molar-refractivity contribution is 4.94. The Morgan fingerprint density at radius 3 is 2.47 bits per heavy atom. The predicted octanol–water partition coefficient (Wildman–Crippen LogP) is 3.42. The van der Waals surface area contributed by atoms with Gasteiger partial charge in [0.05, 0.1) is 0 Å². The molecule has 0 aromatic heterocycles. The Morgan fingerprint density at radius 2 is 1.79 bits per heavy atom. The average Bonchev–Trinajstić information content (AvgIpc) is 3.13. The van der Waals surface area contributed by atoms with Crippen molar-refractivity contribution in [2.75, 3.05) is 19.6 Å². The van der Waals surface area contributed by atoms with E-state index in [2.05, 4.69) is 24.1 Å². The van der Waals surface area contributed by atoms with Crippen LogP contribution in [-0.2, 0) is 0 Å². The predicted molar refractivity (Wildman–Crippen MR) is 81.4 cm³/mol. The van der Waals surface area contributed by atoms with Gasteiger partial charge in [-0.05, 0) is 63.3 Å². The van der Waals surface area contributed by atoms with Crippen LogP contribution in [0.15, 0.2) is 0 Å². The molecule has 0 aromatic carbocycles. The fourth-order valence-electron chi connectivity index (χ4n) is 4.24. The molecule has 0 spiro atoms. The Labute approximate surface area is 119 Å². The second kappa shape index (κ2) is 5.73. The van der Waals surface area contributed by atoms with Gasteiger partial charge in [0.25, 0.3) is 0 Å². The van der Waals surface area contributed by atoms with Gasteiger partial charge in [-0.1, -0.05) is 19.8 Å². The molecule has 0 radical (unpaired) electrons. The molecule has 1 heterocycles. The maximum atomic E-state index is 3.83. The Hall–Kier alpha value is -0.0800. The third kappa shape index (κ3) is 3.33. The van der Waals surface area contributed by atoms with E-state index in [0.29, 0.717) is 5.41 Å². The van der Waals surface area contributed by atoms with Gasteiger partial charge >= 0.3 is 0 Å². The first kappa shape index (κ1) is 13.9. The maximum Gasteiger partial charge on any atom is 0.00928 e. The van der Waals surface area contributed by atoms with Crippen molar-refractivity contribution >= 4 is 0 Å². The number of piperidine rings is 1. The lowest BCUT2D eigenvalue weighted by atomic mass is 9.82. The van der Waals surface area contributed by atoms with Crippen molar-refractivity contribution in [3.05, 3.63) is 0 Å². The second-order valence-corrected chi connectivity index (χ2v) is 7.69. The summed E-state index contributed by atoms with van der Waals surface area (Å²) in [5.74, 6) is 0.892. The molecule has 3 rings (SSSR count). The third-order valence-corrected chi connectivity index (χ3v) is 6.05. The van der Waals surface area contributed by atoms with E-state index in [1.165, 1.54) is 71.0 Å². The van der Waals surface area contributed by atoms with Gasteiger partial charge in [0.1, 0.15) is 0 Å². The lowest BCUT2D eigenvalue weighted by Crippen LogP contribution is -2.50. The second-order valence-electron chi connectivity index (χ2n) is 7.69. The quantitative estimate of drug-likeness (QED) is 0.818. The Kier molecular flexibility index (Phi) is 4.19. The monoisotopic (exact) mass is 264 g/mol. The van der Waals surface area contributed by atoms with Gasteiger partial charge < -0.3 is 5.32 Å². The van der Waals surface area contributed by atoms with Gasteiger partial charge in [0, 0.05) is 25.2 Å². The molecular formula is C17H32N2. The minimum absolute atomic E-state index is 0.605. The number of hydrogen-bond donors (Lipinski definition) is 1. The summed E-state index contributed by atoms with van der Waals surface area (Å²) < 4.78 is 0. The summed E-state index contributed by atoms with van der Waals surface area (Å²) in [5.41, 5.74) is 0.605. The summed E-state index contributed by atoms with van der Waals surface area (Å²) >= 11 is 0. The van der Waals surface area contributed by atoms with Gasteiger partial charge in [-0.25, -0.2) is 0 Å². The largest absolute Gasteiger partial charge is 0.313 e. The lowest BCUT2D eigenvalue weighted by Gasteiger charge is -2.43. The smallest absolute Gasteiger partial charge is 0.00928 e. The van der Waals surface area contributed by atoms with Crippen molar-refractivity contribution in [3.63, 3.8) is 0 Å². The number of nitrogens with one attached hydrogen (secondary N) is 1. The van der Waals surface area contributed by atoms with Crippen molar-refractivity contribution < 1.29 is 0 Å². The summed E-state index contributed by atoms with van der Waals surface area (Å²) in [5, 5.41) is 3.83. The van der Waals surface area contributed by atoms with Crippen LogP contribution in [0.4, 0.5) is 0 Å².